The van der Waals surface area contributed by atoms with Crippen LogP contribution in [0.2, 0.25) is 0 Å². The van der Waals surface area contributed by atoms with E-state index in [1.807, 2.05) is 12.1 Å². The number of primary amides is 1. The van der Waals surface area contributed by atoms with Gasteiger partial charge in [0.15, 0.2) is 0 Å². The van der Waals surface area contributed by atoms with Crippen molar-refractivity contribution in [3.8, 4) is 0 Å². The van der Waals surface area contributed by atoms with E-state index in [1.54, 1.807) is 12.1 Å². The van der Waals surface area contributed by atoms with Gasteiger partial charge in [-0.05, 0) is 17.7 Å². The van der Waals surface area contributed by atoms with Crippen LogP contribution in [0.3, 0.4) is 0 Å². The molecule has 4 nitrogen and oxygen atoms in total. The second kappa shape index (κ2) is 6.18. The number of carbonyl (C=O) groups excluding carboxylic acids is 1. The van der Waals surface area contributed by atoms with Crippen LogP contribution in [0, 0.1) is 0 Å². The minimum atomic E-state index is -0.405. The van der Waals surface area contributed by atoms with Gasteiger partial charge in [-0.2, -0.15) is 0 Å². The molecule has 1 heterocycles. The summed E-state index contributed by atoms with van der Waals surface area (Å²) < 4.78 is 5.29. The fraction of sp³-hybridized carbons (Fsp3) is 0.462. The van der Waals surface area contributed by atoms with Gasteiger partial charge in [-0.3, -0.25) is 9.69 Å². The van der Waals surface area contributed by atoms with Gasteiger partial charge in [-0.1, -0.05) is 12.1 Å². The van der Waals surface area contributed by atoms with E-state index in [0.29, 0.717) is 5.56 Å². The summed E-state index contributed by atoms with van der Waals surface area (Å²) in [5.74, 6) is -0.405. The highest BCUT2D eigenvalue weighted by Crippen LogP contribution is 2.15. The maximum Gasteiger partial charge on any atom is 0.248 e. The van der Waals surface area contributed by atoms with E-state index < -0.39 is 5.91 Å². The lowest BCUT2D eigenvalue weighted by molar-refractivity contribution is 0.0314. The monoisotopic (exact) mass is 268 g/mol. The summed E-state index contributed by atoms with van der Waals surface area (Å²) in [6.45, 7) is 3.22. The van der Waals surface area contributed by atoms with Gasteiger partial charge in [0, 0.05) is 25.1 Å². The Morgan fingerprint density at radius 2 is 1.94 bits per heavy atom. The molecule has 1 amide bonds. The Morgan fingerprint density at radius 3 is 2.50 bits per heavy atom. The Labute approximate surface area is 112 Å². The Kier molecular flexibility index (Phi) is 4.58. The van der Waals surface area contributed by atoms with E-state index in [9.17, 15) is 4.79 Å². The van der Waals surface area contributed by atoms with Crippen molar-refractivity contribution in [1.29, 1.82) is 0 Å². The molecule has 1 aromatic carbocycles. The van der Waals surface area contributed by atoms with Crippen molar-refractivity contribution >= 4 is 17.5 Å². The molecule has 1 fully saturated rings. The van der Waals surface area contributed by atoms with E-state index in [0.717, 1.165) is 38.3 Å². The molecule has 0 saturated carbocycles. The number of benzene rings is 1. The third-order valence-corrected chi connectivity index (χ3v) is 3.51. The third-order valence-electron chi connectivity index (χ3n) is 3.08. The van der Waals surface area contributed by atoms with Crippen LogP contribution in [0.5, 0.6) is 0 Å². The Morgan fingerprint density at radius 1 is 1.33 bits per heavy atom. The van der Waals surface area contributed by atoms with Gasteiger partial charge in [0.2, 0.25) is 5.91 Å². The van der Waals surface area contributed by atoms with E-state index in [2.05, 4.69) is 4.90 Å². The average molecular weight is 269 g/mol. The maximum atomic E-state index is 11.0. The molecule has 2 N–H and O–H groups in total. The van der Waals surface area contributed by atoms with Crippen LogP contribution in [0.4, 0.5) is 0 Å². The quantitative estimate of drug-likeness (QED) is 0.660. The highest BCUT2D eigenvalue weighted by Gasteiger charge is 2.18. The minimum absolute atomic E-state index is 0.0340. The topological polar surface area (TPSA) is 55.6 Å². The molecule has 0 bridgehead atoms. The molecule has 18 heavy (non-hydrogen) atoms. The molecule has 0 aliphatic carbocycles. The van der Waals surface area contributed by atoms with Crippen LogP contribution in [0.1, 0.15) is 15.9 Å². The third kappa shape index (κ3) is 3.45. The Balaban J connectivity index is 1.93. The number of hydrogen-bond acceptors (Lipinski definition) is 3. The number of ether oxygens (including phenoxy) is 1. The zero-order valence-corrected chi connectivity index (χ0v) is 10.9. The first-order valence-electron chi connectivity index (χ1n) is 6.01. The molecular formula is C13H17ClN2O2. The van der Waals surface area contributed by atoms with Crippen molar-refractivity contribution < 1.29 is 9.53 Å². The highest BCUT2D eigenvalue weighted by atomic mass is 35.5. The number of rotatable bonds is 4. The van der Waals surface area contributed by atoms with Crippen molar-refractivity contribution in [3.05, 3.63) is 35.4 Å². The predicted molar refractivity (Wildman–Crippen MR) is 70.7 cm³/mol. The Hall–Kier alpha value is -1.10. The number of halogens is 1. The molecule has 1 unspecified atom stereocenters. The van der Waals surface area contributed by atoms with Crippen LogP contribution >= 0.6 is 11.6 Å². The lowest BCUT2D eigenvalue weighted by atomic mass is 10.1. The first-order valence-corrected chi connectivity index (χ1v) is 6.45. The number of morpholine rings is 1. The first-order chi connectivity index (χ1) is 8.66. The standard InChI is InChI=1S/C13H17ClN2O2/c14-12(16-5-7-18-8-6-16)9-10-1-3-11(4-2-10)13(15)17/h1-4,12H,5-9H2,(H2,15,17). The second-order valence-electron chi connectivity index (χ2n) is 4.35. The molecule has 1 aromatic rings. The fourth-order valence-electron chi connectivity index (χ4n) is 1.99. The van der Waals surface area contributed by atoms with Gasteiger partial charge in [0.25, 0.3) is 0 Å². The summed E-state index contributed by atoms with van der Waals surface area (Å²) in [7, 11) is 0. The Bertz CT molecular complexity index is 402. The van der Waals surface area contributed by atoms with Gasteiger partial charge >= 0.3 is 0 Å². The van der Waals surface area contributed by atoms with Crippen molar-refractivity contribution in [2.45, 2.75) is 11.9 Å². The average Bonchev–Trinajstić information content (AvgIpc) is 2.40. The lowest BCUT2D eigenvalue weighted by Crippen LogP contribution is -2.41. The second-order valence-corrected chi connectivity index (χ2v) is 4.85. The summed E-state index contributed by atoms with van der Waals surface area (Å²) in [5, 5.41) is 0. The van der Waals surface area contributed by atoms with Crippen LogP contribution in [-0.2, 0) is 11.2 Å². The number of nitrogens with two attached hydrogens (primary N) is 1. The fourth-order valence-corrected chi connectivity index (χ4v) is 2.36. The molecule has 98 valence electrons. The number of hydrogen-bond donors (Lipinski definition) is 1. The van der Waals surface area contributed by atoms with Crippen molar-refractivity contribution in [1.82, 2.24) is 4.90 Å². The first kappa shape index (κ1) is 13.3. The van der Waals surface area contributed by atoms with Gasteiger partial charge in [-0.25, -0.2) is 0 Å². The van der Waals surface area contributed by atoms with E-state index in [1.165, 1.54) is 0 Å². The van der Waals surface area contributed by atoms with E-state index in [4.69, 9.17) is 22.1 Å². The van der Waals surface area contributed by atoms with Gasteiger partial charge in [0.05, 0.1) is 18.7 Å². The summed E-state index contributed by atoms with van der Waals surface area (Å²) in [6, 6.07) is 7.27. The summed E-state index contributed by atoms with van der Waals surface area (Å²) >= 11 is 6.38. The minimum Gasteiger partial charge on any atom is -0.379 e. The summed E-state index contributed by atoms with van der Waals surface area (Å²) in [5.41, 5.74) is 6.79. The van der Waals surface area contributed by atoms with Crippen LogP contribution in [-0.4, -0.2) is 42.6 Å². The molecular weight excluding hydrogens is 252 g/mol. The molecule has 0 spiro atoms. The predicted octanol–water partition coefficient (Wildman–Crippen LogP) is 1.23. The lowest BCUT2D eigenvalue weighted by Gasteiger charge is -2.30. The van der Waals surface area contributed by atoms with Crippen molar-refractivity contribution in [2.75, 3.05) is 26.3 Å². The van der Waals surface area contributed by atoms with Crippen LogP contribution < -0.4 is 5.73 Å². The van der Waals surface area contributed by atoms with Crippen molar-refractivity contribution in [2.24, 2.45) is 5.73 Å². The van der Waals surface area contributed by atoms with Crippen LogP contribution in [0.25, 0.3) is 0 Å². The molecule has 0 aromatic heterocycles. The number of carbonyl (C=O) groups is 1. The molecule has 0 radical (unpaired) electrons. The van der Waals surface area contributed by atoms with Gasteiger partial charge in [-0.15, -0.1) is 11.6 Å². The number of nitrogens with zero attached hydrogens (tertiary/aromatic N) is 1. The zero-order valence-electron chi connectivity index (χ0n) is 10.1. The number of alkyl halides is 1. The maximum absolute atomic E-state index is 11.0. The molecule has 1 saturated heterocycles. The van der Waals surface area contributed by atoms with Gasteiger partial charge < -0.3 is 10.5 Å². The van der Waals surface area contributed by atoms with E-state index in [-0.39, 0.29) is 5.50 Å². The van der Waals surface area contributed by atoms with Crippen LogP contribution in [0.15, 0.2) is 24.3 Å². The molecule has 5 heteroatoms. The largest absolute Gasteiger partial charge is 0.379 e. The van der Waals surface area contributed by atoms with Gasteiger partial charge in [0.1, 0.15) is 0 Å². The normalized spacial score (nSPS) is 18.5. The number of amides is 1. The molecule has 1 atom stereocenters. The van der Waals surface area contributed by atoms with E-state index >= 15 is 0 Å². The zero-order chi connectivity index (χ0) is 13.0. The van der Waals surface area contributed by atoms with Crippen molar-refractivity contribution in [3.63, 3.8) is 0 Å². The summed E-state index contributed by atoms with van der Waals surface area (Å²) in [6.07, 6.45) is 0.751. The molecule has 2 rings (SSSR count). The molecule has 1 aliphatic heterocycles. The summed E-state index contributed by atoms with van der Waals surface area (Å²) in [4.78, 5) is 13.2. The molecule has 1 aliphatic rings. The highest BCUT2D eigenvalue weighted by molar-refractivity contribution is 6.20. The SMILES string of the molecule is NC(=O)c1ccc(CC(Cl)N2CCOCC2)cc1. The smallest absolute Gasteiger partial charge is 0.248 e.